The number of nitrogens with one attached hydrogen (secondary N) is 1. The van der Waals surface area contributed by atoms with E-state index in [2.05, 4.69) is 43.3 Å². The van der Waals surface area contributed by atoms with Crippen LogP contribution < -0.4 is 5.32 Å². The first-order chi connectivity index (χ1) is 7.49. The van der Waals surface area contributed by atoms with E-state index in [1.54, 1.807) is 0 Å². The summed E-state index contributed by atoms with van der Waals surface area (Å²) in [7, 11) is 4.23. The number of rotatable bonds is 7. The van der Waals surface area contributed by atoms with Gasteiger partial charge in [-0.2, -0.15) is 5.10 Å². The normalized spacial score (nSPS) is 12.3. The van der Waals surface area contributed by atoms with Gasteiger partial charge in [0.2, 0.25) is 0 Å². The lowest BCUT2D eigenvalue weighted by Crippen LogP contribution is -2.38. The fourth-order valence-corrected chi connectivity index (χ4v) is 1.97. The first kappa shape index (κ1) is 13.2. The molecule has 0 fully saturated rings. The van der Waals surface area contributed by atoms with Crippen molar-refractivity contribution in [1.82, 2.24) is 20.0 Å². The number of nitrogens with zero attached hydrogens (tertiary/aromatic N) is 3. The second-order valence-corrected chi connectivity index (χ2v) is 5.35. The molecule has 0 radical (unpaired) electrons. The summed E-state index contributed by atoms with van der Waals surface area (Å²) in [5.41, 5.74) is 0.313. The molecule has 0 aromatic carbocycles. The predicted octanol–water partition coefficient (Wildman–Crippen LogP) is 1.06. The summed E-state index contributed by atoms with van der Waals surface area (Å²) < 4.78 is 1.95. The molecular weight excluding hydrogens is 200 g/mol. The van der Waals surface area contributed by atoms with Crippen molar-refractivity contribution in [3.05, 3.63) is 18.5 Å². The SMILES string of the molecule is CN(C)CC(C)(C)CNCCn1cccn1. The topological polar surface area (TPSA) is 33.1 Å². The molecule has 0 saturated heterocycles. The molecule has 0 saturated carbocycles. The largest absolute Gasteiger partial charge is 0.314 e. The zero-order valence-electron chi connectivity index (χ0n) is 10.9. The van der Waals surface area contributed by atoms with E-state index in [-0.39, 0.29) is 0 Å². The fraction of sp³-hybridized carbons (Fsp3) is 0.750. The lowest BCUT2D eigenvalue weighted by Gasteiger charge is -2.28. The van der Waals surface area contributed by atoms with Gasteiger partial charge in [0.25, 0.3) is 0 Å². The van der Waals surface area contributed by atoms with E-state index < -0.39 is 0 Å². The van der Waals surface area contributed by atoms with E-state index >= 15 is 0 Å². The van der Waals surface area contributed by atoms with E-state index in [9.17, 15) is 0 Å². The third-order valence-corrected chi connectivity index (χ3v) is 2.42. The van der Waals surface area contributed by atoms with E-state index in [0.717, 1.165) is 26.2 Å². The summed E-state index contributed by atoms with van der Waals surface area (Å²) >= 11 is 0. The van der Waals surface area contributed by atoms with Crippen LogP contribution in [0.25, 0.3) is 0 Å². The minimum Gasteiger partial charge on any atom is -0.314 e. The predicted molar refractivity (Wildman–Crippen MR) is 67.4 cm³/mol. The van der Waals surface area contributed by atoms with Crippen LogP contribution in [-0.2, 0) is 6.54 Å². The highest BCUT2D eigenvalue weighted by atomic mass is 15.3. The molecule has 0 amide bonds. The molecule has 4 nitrogen and oxygen atoms in total. The molecule has 16 heavy (non-hydrogen) atoms. The Kier molecular flexibility index (Phi) is 4.96. The van der Waals surface area contributed by atoms with Crippen molar-refractivity contribution >= 4 is 0 Å². The first-order valence-corrected chi connectivity index (χ1v) is 5.82. The number of hydrogen-bond acceptors (Lipinski definition) is 3. The second kappa shape index (κ2) is 6.01. The summed E-state index contributed by atoms with van der Waals surface area (Å²) in [5, 5.41) is 7.65. The van der Waals surface area contributed by atoms with Gasteiger partial charge in [0.15, 0.2) is 0 Å². The molecule has 0 aliphatic carbocycles. The van der Waals surface area contributed by atoms with Crippen LogP contribution in [0.15, 0.2) is 18.5 Å². The van der Waals surface area contributed by atoms with Crippen LogP contribution in [0.3, 0.4) is 0 Å². The zero-order chi connectivity index (χ0) is 12.0. The van der Waals surface area contributed by atoms with E-state index in [0.29, 0.717) is 5.41 Å². The van der Waals surface area contributed by atoms with Crippen molar-refractivity contribution in [2.24, 2.45) is 5.41 Å². The molecule has 92 valence electrons. The average Bonchev–Trinajstić information content (AvgIpc) is 2.62. The van der Waals surface area contributed by atoms with E-state index in [1.807, 2.05) is 23.1 Å². The molecule has 0 aliphatic heterocycles. The molecule has 1 heterocycles. The van der Waals surface area contributed by atoms with Crippen LogP contribution in [0.5, 0.6) is 0 Å². The van der Waals surface area contributed by atoms with Crippen LogP contribution in [0, 0.1) is 5.41 Å². The second-order valence-electron chi connectivity index (χ2n) is 5.35. The Balaban J connectivity index is 2.15. The Morgan fingerprint density at radius 3 is 2.69 bits per heavy atom. The van der Waals surface area contributed by atoms with Crippen LogP contribution in [0.1, 0.15) is 13.8 Å². The van der Waals surface area contributed by atoms with Crippen LogP contribution in [0.2, 0.25) is 0 Å². The fourth-order valence-electron chi connectivity index (χ4n) is 1.97. The summed E-state index contributed by atoms with van der Waals surface area (Å²) in [6.45, 7) is 8.61. The smallest absolute Gasteiger partial charge is 0.0533 e. The van der Waals surface area contributed by atoms with Gasteiger partial charge in [0.1, 0.15) is 0 Å². The standard InChI is InChI=1S/C12H24N4/c1-12(2,11-15(3)4)10-13-7-9-16-8-5-6-14-16/h5-6,8,13H,7,9-11H2,1-4H3. The zero-order valence-corrected chi connectivity index (χ0v) is 10.9. The van der Waals surface area contributed by atoms with Gasteiger partial charge in [0.05, 0.1) is 6.54 Å². The molecule has 0 atom stereocenters. The van der Waals surface area contributed by atoms with Gasteiger partial charge < -0.3 is 10.2 Å². The maximum Gasteiger partial charge on any atom is 0.0533 e. The lowest BCUT2D eigenvalue weighted by atomic mass is 9.93. The molecule has 1 aromatic rings. The van der Waals surface area contributed by atoms with Gasteiger partial charge in [-0.1, -0.05) is 13.8 Å². The maximum absolute atomic E-state index is 4.17. The minimum absolute atomic E-state index is 0.313. The highest BCUT2D eigenvalue weighted by molar-refractivity contribution is 4.78. The van der Waals surface area contributed by atoms with Crippen LogP contribution in [0.4, 0.5) is 0 Å². The summed E-state index contributed by atoms with van der Waals surface area (Å²) in [6, 6.07) is 1.95. The third-order valence-electron chi connectivity index (χ3n) is 2.42. The Labute approximate surface area is 98.6 Å². The maximum atomic E-state index is 4.17. The minimum atomic E-state index is 0.313. The Morgan fingerprint density at radius 1 is 1.38 bits per heavy atom. The van der Waals surface area contributed by atoms with Crippen molar-refractivity contribution in [3.63, 3.8) is 0 Å². The molecule has 1 N–H and O–H groups in total. The highest BCUT2D eigenvalue weighted by Crippen LogP contribution is 2.13. The van der Waals surface area contributed by atoms with Crippen LogP contribution >= 0.6 is 0 Å². The van der Waals surface area contributed by atoms with Crippen molar-refractivity contribution in [2.75, 3.05) is 33.7 Å². The Hall–Kier alpha value is -0.870. The van der Waals surface area contributed by atoms with Crippen molar-refractivity contribution in [1.29, 1.82) is 0 Å². The summed E-state index contributed by atoms with van der Waals surface area (Å²) in [6.07, 6.45) is 3.81. The summed E-state index contributed by atoms with van der Waals surface area (Å²) in [5.74, 6) is 0. The quantitative estimate of drug-likeness (QED) is 0.703. The number of aromatic nitrogens is 2. The molecule has 0 bridgehead atoms. The molecule has 0 spiro atoms. The lowest BCUT2D eigenvalue weighted by molar-refractivity contribution is 0.232. The Bertz CT molecular complexity index is 277. The van der Waals surface area contributed by atoms with Gasteiger partial charge in [-0.25, -0.2) is 0 Å². The van der Waals surface area contributed by atoms with Gasteiger partial charge in [-0.15, -0.1) is 0 Å². The van der Waals surface area contributed by atoms with Crippen LogP contribution in [-0.4, -0.2) is 48.4 Å². The van der Waals surface area contributed by atoms with E-state index in [1.165, 1.54) is 0 Å². The monoisotopic (exact) mass is 224 g/mol. The van der Waals surface area contributed by atoms with E-state index in [4.69, 9.17) is 0 Å². The van der Waals surface area contributed by atoms with Gasteiger partial charge in [-0.05, 0) is 25.6 Å². The molecule has 0 aliphatic rings. The average molecular weight is 224 g/mol. The Morgan fingerprint density at radius 2 is 2.12 bits per heavy atom. The van der Waals surface area contributed by atoms with Crippen molar-refractivity contribution in [2.45, 2.75) is 20.4 Å². The van der Waals surface area contributed by atoms with Crippen molar-refractivity contribution < 1.29 is 0 Å². The first-order valence-electron chi connectivity index (χ1n) is 5.82. The number of hydrogen-bond donors (Lipinski definition) is 1. The molecule has 4 heteroatoms. The highest BCUT2D eigenvalue weighted by Gasteiger charge is 2.17. The molecular formula is C12H24N4. The van der Waals surface area contributed by atoms with Gasteiger partial charge >= 0.3 is 0 Å². The molecule has 0 unspecified atom stereocenters. The van der Waals surface area contributed by atoms with Crippen molar-refractivity contribution in [3.8, 4) is 0 Å². The summed E-state index contributed by atoms with van der Waals surface area (Å²) in [4.78, 5) is 2.23. The molecule has 1 rings (SSSR count). The van der Waals surface area contributed by atoms with Gasteiger partial charge in [0, 0.05) is 32.0 Å². The molecule has 1 aromatic heterocycles. The third kappa shape index (κ3) is 5.28. The van der Waals surface area contributed by atoms with Gasteiger partial charge in [-0.3, -0.25) is 4.68 Å².